The molecule has 0 spiro atoms. The quantitative estimate of drug-likeness (QED) is 0.630. The van der Waals surface area contributed by atoms with Gasteiger partial charge in [-0.25, -0.2) is 0 Å². The van der Waals surface area contributed by atoms with Gasteiger partial charge in [0.25, 0.3) is 0 Å². The van der Waals surface area contributed by atoms with E-state index in [4.69, 9.17) is 11.6 Å². The Morgan fingerprint density at radius 1 is 1.64 bits per heavy atom. The molecular weight excluding hydrogens is 204 g/mol. The monoisotopic (exact) mass is 214 g/mol. The molecule has 2 rings (SSSR count). The lowest BCUT2D eigenvalue weighted by Crippen LogP contribution is -2.41. The van der Waals surface area contributed by atoms with Crippen LogP contribution in [0.25, 0.3) is 0 Å². The summed E-state index contributed by atoms with van der Waals surface area (Å²) in [4.78, 5) is 13.3. The molecule has 1 aliphatic heterocycles. The first kappa shape index (κ1) is 9.45. The molecule has 0 bridgehead atoms. The molecule has 76 valence electrons. The third kappa shape index (κ3) is 1.59. The van der Waals surface area contributed by atoms with Crippen LogP contribution in [0.4, 0.5) is 0 Å². The number of aromatic nitrogens is 3. The van der Waals surface area contributed by atoms with Crippen molar-refractivity contribution in [3.05, 3.63) is 12.2 Å². The van der Waals surface area contributed by atoms with E-state index in [9.17, 15) is 4.79 Å². The fraction of sp³-hybridized carbons (Fsp3) is 0.625. The zero-order chi connectivity index (χ0) is 10.1. The van der Waals surface area contributed by atoms with E-state index in [0.29, 0.717) is 13.1 Å². The van der Waals surface area contributed by atoms with Crippen LogP contribution in [0.2, 0.25) is 0 Å². The van der Waals surface area contributed by atoms with Crippen molar-refractivity contribution in [2.24, 2.45) is 0 Å². The van der Waals surface area contributed by atoms with Gasteiger partial charge in [0.1, 0.15) is 11.7 Å². The Morgan fingerprint density at radius 3 is 3.14 bits per heavy atom. The summed E-state index contributed by atoms with van der Waals surface area (Å²) in [6.07, 6.45) is 1.68. The predicted molar refractivity (Wildman–Crippen MR) is 50.8 cm³/mol. The molecular formula is C8H11ClN4O. The minimum atomic E-state index is -0.468. The normalized spacial score (nSPS) is 17.7. The Morgan fingerprint density at radius 2 is 2.43 bits per heavy atom. The molecule has 0 aliphatic carbocycles. The summed E-state index contributed by atoms with van der Waals surface area (Å²) < 4.78 is 1.95. The van der Waals surface area contributed by atoms with Gasteiger partial charge in [-0.3, -0.25) is 4.79 Å². The van der Waals surface area contributed by atoms with Crippen molar-refractivity contribution in [1.82, 2.24) is 19.7 Å². The van der Waals surface area contributed by atoms with E-state index in [0.717, 1.165) is 12.4 Å². The Hall–Kier alpha value is -1.10. The molecule has 14 heavy (non-hydrogen) atoms. The molecule has 0 N–H and O–H groups in total. The van der Waals surface area contributed by atoms with Crippen LogP contribution in [0.15, 0.2) is 6.33 Å². The third-order valence-electron chi connectivity index (χ3n) is 2.29. The van der Waals surface area contributed by atoms with Gasteiger partial charge in [-0.15, -0.1) is 21.8 Å². The second-order valence-electron chi connectivity index (χ2n) is 3.32. The van der Waals surface area contributed by atoms with E-state index in [1.165, 1.54) is 0 Å². The lowest BCUT2D eigenvalue weighted by atomic mass is 10.3. The maximum absolute atomic E-state index is 11.6. The van der Waals surface area contributed by atoms with E-state index >= 15 is 0 Å². The summed E-state index contributed by atoms with van der Waals surface area (Å²) in [7, 11) is 0. The van der Waals surface area contributed by atoms with Gasteiger partial charge in [-0.05, 0) is 6.92 Å². The highest BCUT2D eigenvalue weighted by atomic mass is 35.5. The minimum absolute atomic E-state index is 0.0408. The van der Waals surface area contributed by atoms with Crippen LogP contribution in [0.3, 0.4) is 0 Å². The second-order valence-corrected chi connectivity index (χ2v) is 3.97. The van der Waals surface area contributed by atoms with Crippen molar-refractivity contribution in [1.29, 1.82) is 0 Å². The zero-order valence-electron chi connectivity index (χ0n) is 7.85. The van der Waals surface area contributed by atoms with E-state index in [1.807, 2.05) is 4.57 Å². The van der Waals surface area contributed by atoms with Crippen molar-refractivity contribution in [2.75, 3.05) is 6.54 Å². The van der Waals surface area contributed by atoms with Gasteiger partial charge in [-0.1, -0.05) is 0 Å². The SMILES string of the molecule is CC(Cl)C(=O)N1CCn2cnnc2C1. The van der Waals surface area contributed by atoms with Crippen molar-refractivity contribution in [3.63, 3.8) is 0 Å². The molecule has 1 aliphatic rings. The number of carbonyl (C=O) groups is 1. The Bertz CT molecular complexity index is 349. The van der Waals surface area contributed by atoms with Gasteiger partial charge in [0.2, 0.25) is 5.91 Å². The first-order valence-electron chi connectivity index (χ1n) is 4.48. The van der Waals surface area contributed by atoms with E-state index in [1.54, 1.807) is 18.2 Å². The number of carbonyl (C=O) groups excluding carboxylic acids is 1. The molecule has 0 fully saturated rings. The van der Waals surface area contributed by atoms with Crippen LogP contribution in [0.5, 0.6) is 0 Å². The van der Waals surface area contributed by atoms with E-state index in [-0.39, 0.29) is 5.91 Å². The van der Waals surface area contributed by atoms with Crippen molar-refractivity contribution >= 4 is 17.5 Å². The number of alkyl halides is 1. The number of fused-ring (bicyclic) bond motifs is 1. The summed E-state index contributed by atoms with van der Waals surface area (Å²) in [5.74, 6) is 0.780. The van der Waals surface area contributed by atoms with Gasteiger partial charge >= 0.3 is 0 Å². The maximum Gasteiger partial charge on any atom is 0.240 e. The summed E-state index contributed by atoms with van der Waals surface area (Å²) in [5.41, 5.74) is 0. The standard InChI is InChI=1S/C8H11ClN4O/c1-6(9)8(14)12-2-3-13-5-10-11-7(13)4-12/h5-6H,2-4H2,1H3. The van der Waals surface area contributed by atoms with Gasteiger partial charge in [0.15, 0.2) is 5.82 Å². The maximum atomic E-state index is 11.6. The largest absolute Gasteiger partial charge is 0.332 e. The predicted octanol–water partition coefficient (Wildman–Crippen LogP) is 0.248. The number of nitrogens with zero attached hydrogens (tertiary/aromatic N) is 4. The summed E-state index contributed by atoms with van der Waals surface area (Å²) >= 11 is 5.73. The fourth-order valence-corrected chi connectivity index (χ4v) is 1.64. The number of hydrogen-bond donors (Lipinski definition) is 0. The first-order chi connectivity index (χ1) is 6.68. The summed E-state index contributed by atoms with van der Waals surface area (Å²) in [6.45, 7) is 3.62. The van der Waals surface area contributed by atoms with Crippen LogP contribution in [-0.2, 0) is 17.9 Å². The molecule has 0 saturated heterocycles. The number of rotatable bonds is 1. The highest BCUT2D eigenvalue weighted by molar-refractivity contribution is 6.30. The summed E-state index contributed by atoms with van der Waals surface area (Å²) in [6, 6.07) is 0. The van der Waals surface area contributed by atoms with Crippen LogP contribution in [-0.4, -0.2) is 37.5 Å². The van der Waals surface area contributed by atoms with Gasteiger partial charge in [0.05, 0.1) is 6.54 Å². The number of hydrogen-bond acceptors (Lipinski definition) is 3. The lowest BCUT2D eigenvalue weighted by molar-refractivity contribution is -0.132. The smallest absolute Gasteiger partial charge is 0.240 e. The molecule has 2 heterocycles. The first-order valence-corrected chi connectivity index (χ1v) is 4.91. The zero-order valence-corrected chi connectivity index (χ0v) is 8.61. The van der Waals surface area contributed by atoms with Gasteiger partial charge in [0, 0.05) is 13.1 Å². The number of amides is 1. The molecule has 5 nitrogen and oxygen atoms in total. The summed E-state index contributed by atoms with van der Waals surface area (Å²) in [5, 5.41) is 7.24. The molecule has 0 saturated carbocycles. The topological polar surface area (TPSA) is 51.0 Å². The van der Waals surface area contributed by atoms with Gasteiger partial charge < -0.3 is 9.47 Å². The van der Waals surface area contributed by atoms with Crippen LogP contribution in [0.1, 0.15) is 12.7 Å². The Balaban J connectivity index is 2.11. The Kier molecular flexibility index (Phi) is 2.41. The van der Waals surface area contributed by atoms with Gasteiger partial charge in [-0.2, -0.15) is 0 Å². The van der Waals surface area contributed by atoms with E-state index < -0.39 is 5.38 Å². The molecule has 1 aromatic heterocycles. The third-order valence-corrected chi connectivity index (χ3v) is 2.48. The average Bonchev–Trinajstić information content (AvgIpc) is 2.62. The van der Waals surface area contributed by atoms with Crippen LogP contribution in [0, 0.1) is 0 Å². The van der Waals surface area contributed by atoms with Crippen molar-refractivity contribution < 1.29 is 4.79 Å². The fourth-order valence-electron chi connectivity index (χ4n) is 1.51. The molecule has 1 unspecified atom stereocenters. The number of halogens is 1. The molecule has 1 amide bonds. The molecule has 0 aromatic carbocycles. The van der Waals surface area contributed by atoms with Crippen LogP contribution < -0.4 is 0 Å². The molecule has 1 atom stereocenters. The minimum Gasteiger partial charge on any atom is -0.332 e. The lowest BCUT2D eigenvalue weighted by Gasteiger charge is -2.27. The van der Waals surface area contributed by atoms with Crippen molar-refractivity contribution in [2.45, 2.75) is 25.4 Å². The average molecular weight is 215 g/mol. The van der Waals surface area contributed by atoms with E-state index in [2.05, 4.69) is 10.2 Å². The molecule has 6 heteroatoms. The highest BCUT2D eigenvalue weighted by Crippen LogP contribution is 2.11. The highest BCUT2D eigenvalue weighted by Gasteiger charge is 2.24. The molecule has 0 radical (unpaired) electrons. The van der Waals surface area contributed by atoms with Crippen LogP contribution >= 0.6 is 11.6 Å². The Labute approximate surface area is 86.7 Å². The van der Waals surface area contributed by atoms with Crippen molar-refractivity contribution in [3.8, 4) is 0 Å². The second kappa shape index (κ2) is 3.57. The molecule has 1 aromatic rings.